The van der Waals surface area contributed by atoms with E-state index in [1.165, 1.54) is 18.1 Å². The van der Waals surface area contributed by atoms with Crippen molar-refractivity contribution in [3.63, 3.8) is 0 Å². The van der Waals surface area contributed by atoms with Gasteiger partial charge in [-0.1, -0.05) is 6.92 Å². The van der Waals surface area contributed by atoms with E-state index in [9.17, 15) is 5.11 Å². The molecule has 0 aliphatic heterocycles. The highest BCUT2D eigenvalue weighted by Gasteiger charge is 2.04. The Hall–Kier alpha value is -0.850. The molecule has 0 bridgehead atoms. The van der Waals surface area contributed by atoms with Gasteiger partial charge in [-0.05, 0) is 6.42 Å². The molecule has 0 fully saturated rings. The molecule has 0 aliphatic carbocycles. The Kier molecular flexibility index (Phi) is 6.14. The summed E-state index contributed by atoms with van der Waals surface area (Å²) in [6.45, 7) is 2.74. The van der Waals surface area contributed by atoms with Crippen LogP contribution in [0, 0.1) is 0 Å². The van der Waals surface area contributed by atoms with Crippen LogP contribution in [0.3, 0.4) is 0 Å². The third-order valence-electron chi connectivity index (χ3n) is 1.83. The van der Waals surface area contributed by atoms with E-state index in [0.717, 1.165) is 23.8 Å². The van der Waals surface area contributed by atoms with E-state index in [0.29, 0.717) is 5.75 Å². The van der Waals surface area contributed by atoms with Crippen LogP contribution >= 0.6 is 11.8 Å². The summed E-state index contributed by atoms with van der Waals surface area (Å²) >= 11 is 1.40. The molecule has 0 aromatic carbocycles. The second-order valence-corrected chi connectivity index (χ2v) is 4.36. The molecular formula is C10H17N3O2S. The van der Waals surface area contributed by atoms with Crippen molar-refractivity contribution in [1.82, 2.24) is 9.97 Å². The first kappa shape index (κ1) is 13.2. The number of aromatic nitrogens is 2. The molecule has 0 saturated carbocycles. The second kappa shape index (κ2) is 7.43. The molecule has 6 heteroatoms. The van der Waals surface area contributed by atoms with Crippen LogP contribution in [0.1, 0.15) is 13.3 Å². The molecule has 1 atom stereocenters. The lowest BCUT2D eigenvalue weighted by atomic mass is 10.4. The summed E-state index contributed by atoms with van der Waals surface area (Å²) in [5, 5.41) is 21.8. The van der Waals surface area contributed by atoms with Crippen LogP contribution < -0.4 is 5.32 Å². The SMILES string of the molecule is CCCNc1cc(SCC(O)CO)ncn1. The Morgan fingerprint density at radius 2 is 2.31 bits per heavy atom. The van der Waals surface area contributed by atoms with Crippen molar-refractivity contribution in [2.45, 2.75) is 24.5 Å². The van der Waals surface area contributed by atoms with Crippen LogP contribution in [0.2, 0.25) is 0 Å². The molecule has 16 heavy (non-hydrogen) atoms. The topological polar surface area (TPSA) is 78.3 Å². The fraction of sp³-hybridized carbons (Fsp3) is 0.600. The number of hydrogen-bond donors (Lipinski definition) is 3. The predicted molar refractivity (Wildman–Crippen MR) is 64.6 cm³/mol. The molecule has 1 aromatic heterocycles. The normalized spacial score (nSPS) is 12.4. The average Bonchev–Trinajstić information content (AvgIpc) is 2.34. The maximum atomic E-state index is 9.20. The number of aliphatic hydroxyl groups excluding tert-OH is 2. The highest BCUT2D eigenvalue weighted by molar-refractivity contribution is 7.99. The number of hydrogen-bond acceptors (Lipinski definition) is 6. The van der Waals surface area contributed by atoms with Crippen molar-refractivity contribution in [1.29, 1.82) is 0 Å². The third-order valence-corrected chi connectivity index (χ3v) is 2.90. The zero-order valence-electron chi connectivity index (χ0n) is 9.26. The van der Waals surface area contributed by atoms with E-state index < -0.39 is 6.10 Å². The number of nitrogens with one attached hydrogen (secondary N) is 1. The summed E-state index contributed by atoms with van der Waals surface area (Å²) in [5.41, 5.74) is 0. The van der Waals surface area contributed by atoms with Gasteiger partial charge in [-0.15, -0.1) is 11.8 Å². The van der Waals surface area contributed by atoms with E-state index in [4.69, 9.17) is 5.11 Å². The Bertz CT molecular complexity index is 312. The zero-order valence-corrected chi connectivity index (χ0v) is 10.1. The second-order valence-electron chi connectivity index (χ2n) is 3.32. The van der Waals surface area contributed by atoms with Gasteiger partial charge < -0.3 is 15.5 Å². The van der Waals surface area contributed by atoms with E-state index in [1.807, 2.05) is 6.07 Å². The largest absolute Gasteiger partial charge is 0.394 e. The average molecular weight is 243 g/mol. The van der Waals surface area contributed by atoms with Gasteiger partial charge >= 0.3 is 0 Å². The Morgan fingerprint density at radius 1 is 1.50 bits per heavy atom. The van der Waals surface area contributed by atoms with E-state index >= 15 is 0 Å². The molecule has 0 saturated heterocycles. The van der Waals surface area contributed by atoms with Gasteiger partial charge in [0.2, 0.25) is 0 Å². The highest BCUT2D eigenvalue weighted by atomic mass is 32.2. The van der Waals surface area contributed by atoms with Crippen LogP contribution in [0.15, 0.2) is 17.4 Å². The lowest BCUT2D eigenvalue weighted by molar-refractivity contribution is 0.113. The lowest BCUT2D eigenvalue weighted by Gasteiger charge is -2.07. The van der Waals surface area contributed by atoms with Gasteiger partial charge in [0.05, 0.1) is 12.7 Å². The standard InChI is InChI=1S/C10H17N3O2S/c1-2-3-11-9-4-10(13-7-12-9)16-6-8(15)5-14/h4,7-8,14-15H,2-3,5-6H2,1H3,(H,11,12,13). The van der Waals surface area contributed by atoms with Crippen LogP contribution in [0.25, 0.3) is 0 Å². The maximum Gasteiger partial charge on any atom is 0.130 e. The molecular weight excluding hydrogens is 226 g/mol. The smallest absolute Gasteiger partial charge is 0.130 e. The van der Waals surface area contributed by atoms with Crippen molar-refractivity contribution in [3.05, 3.63) is 12.4 Å². The van der Waals surface area contributed by atoms with Crippen LogP contribution in [-0.2, 0) is 0 Å². The van der Waals surface area contributed by atoms with Crippen LogP contribution in [0.5, 0.6) is 0 Å². The van der Waals surface area contributed by atoms with Gasteiger partial charge in [-0.25, -0.2) is 9.97 Å². The van der Waals surface area contributed by atoms with Gasteiger partial charge in [0.1, 0.15) is 17.2 Å². The molecule has 0 aliphatic rings. The molecule has 1 rings (SSSR count). The van der Waals surface area contributed by atoms with Crippen LogP contribution in [-0.4, -0.2) is 45.2 Å². The van der Waals surface area contributed by atoms with Crippen molar-refractivity contribution in [2.24, 2.45) is 0 Å². The summed E-state index contributed by atoms with van der Waals surface area (Å²) < 4.78 is 0. The maximum absolute atomic E-state index is 9.20. The molecule has 90 valence electrons. The van der Waals surface area contributed by atoms with Gasteiger partial charge in [0.25, 0.3) is 0 Å². The first-order chi connectivity index (χ1) is 7.76. The molecule has 1 heterocycles. The molecule has 1 aromatic rings. The summed E-state index contributed by atoms with van der Waals surface area (Å²) in [5.74, 6) is 1.22. The zero-order chi connectivity index (χ0) is 11.8. The molecule has 0 radical (unpaired) electrons. The van der Waals surface area contributed by atoms with Crippen LogP contribution in [0.4, 0.5) is 5.82 Å². The molecule has 0 spiro atoms. The van der Waals surface area contributed by atoms with Crippen molar-refractivity contribution >= 4 is 17.6 Å². The van der Waals surface area contributed by atoms with Crippen molar-refractivity contribution in [2.75, 3.05) is 24.2 Å². The number of nitrogens with zero attached hydrogens (tertiary/aromatic N) is 2. The number of anilines is 1. The number of thioether (sulfide) groups is 1. The Morgan fingerprint density at radius 3 is 3.00 bits per heavy atom. The van der Waals surface area contributed by atoms with E-state index in [1.54, 1.807) is 0 Å². The van der Waals surface area contributed by atoms with Crippen molar-refractivity contribution < 1.29 is 10.2 Å². The third kappa shape index (κ3) is 4.78. The van der Waals surface area contributed by atoms with E-state index in [2.05, 4.69) is 22.2 Å². The first-order valence-corrected chi connectivity index (χ1v) is 6.22. The summed E-state index contributed by atoms with van der Waals surface area (Å²) in [4.78, 5) is 8.15. The van der Waals surface area contributed by atoms with Gasteiger partial charge in [0.15, 0.2) is 0 Å². The highest BCUT2D eigenvalue weighted by Crippen LogP contribution is 2.17. The number of aliphatic hydroxyl groups is 2. The number of rotatable bonds is 7. The summed E-state index contributed by atoms with van der Waals surface area (Å²) in [6, 6.07) is 1.84. The lowest BCUT2D eigenvalue weighted by Crippen LogP contribution is -2.14. The summed E-state index contributed by atoms with van der Waals surface area (Å²) in [6.07, 6.45) is 1.83. The Balaban J connectivity index is 2.46. The first-order valence-electron chi connectivity index (χ1n) is 5.24. The minimum absolute atomic E-state index is 0.223. The van der Waals surface area contributed by atoms with Gasteiger partial charge in [-0.3, -0.25) is 0 Å². The minimum Gasteiger partial charge on any atom is -0.394 e. The molecule has 3 N–H and O–H groups in total. The molecule has 5 nitrogen and oxygen atoms in total. The quantitative estimate of drug-likeness (QED) is 0.484. The van der Waals surface area contributed by atoms with E-state index in [-0.39, 0.29) is 6.61 Å². The molecule has 0 amide bonds. The summed E-state index contributed by atoms with van der Waals surface area (Å²) in [7, 11) is 0. The van der Waals surface area contributed by atoms with Gasteiger partial charge in [0, 0.05) is 18.4 Å². The fourth-order valence-electron chi connectivity index (χ4n) is 1.00. The van der Waals surface area contributed by atoms with Crippen molar-refractivity contribution in [3.8, 4) is 0 Å². The monoisotopic (exact) mass is 243 g/mol. The van der Waals surface area contributed by atoms with Gasteiger partial charge in [-0.2, -0.15) is 0 Å². The Labute approximate surface area is 99.3 Å². The fourth-order valence-corrected chi connectivity index (χ4v) is 1.79. The minimum atomic E-state index is -0.702. The molecule has 1 unspecified atom stereocenters. The predicted octanol–water partition coefficient (Wildman–Crippen LogP) is 0.744.